The van der Waals surface area contributed by atoms with Crippen molar-refractivity contribution in [3.63, 3.8) is 0 Å². The SMILES string of the molecule is COCCN(CCOC)CCC(O)c1ccc(C)cc1C. The van der Waals surface area contributed by atoms with Gasteiger partial charge in [0.2, 0.25) is 0 Å². The molecule has 120 valence electrons. The molecule has 1 N–H and O–H groups in total. The van der Waals surface area contributed by atoms with Crippen molar-refractivity contribution in [2.45, 2.75) is 26.4 Å². The van der Waals surface area contributed by atoms with Crippen LogP contribution >= 0.6 is 0 Å². The van der Waals surface area contributed by atoms with E-state index in [-0.39, 0.29) is 0 Å². The number of benzene rings is 1. The fourth-order valence-electron chi connectivity index (χ4n) is 2.44. The molecule has 1 aromatic rings. The normalized spacial score (nSPS) is 12.9. The van der Waals surface area contributed by atoms with Gasteiger partial charge in [-0.2, -0.15) is 0 Å². The maximum Gasteiger partial charge on any atom is 0.0804 e. The fraction of sp³-hybridized carbons (Fsp3) is 0.647. The van der Waals surface area contributed by atoms with Crippen molar-refractivity contribution in [3.05, 3.63) is 34.9 Å². The topological polar surface area (TPSA) is 41.9 Å². The molecule has 0 bridgehead atoms. The Kier molecular flexibility index (Phi) is 8.54. The lowest BCUT2D eigenvalue weighted by molar-refractivity contribution is 0.0943. The summed E-state index contributed by atoms with van der Waals surface area (Å²) in [5.41, 5.74) is 3.41. The zero-order chi connectivity index (χ0) is 15.7. The van der Waals surface area contributed by atoms with E-state index in [4.69, 9.17) is 9.47 Å². The van der Waals surface area contributed by atoms with E-state index >= 15 is 0 Å². The Bertz CT molecular complexity index is 401. The molecule has 0 amide bonds. The van der Waals surface area contributed by atoms with Gasteiger partial charge in [0.1, 0.15) is 0 Å². The molecule has 0 aromatic heterocycles. The van der Waals surface area contributed by atoms with E-state index in [2.05, 4.69) is 30.9 Å². The molecule has 1 rings (SSSR count). The highest BCUT2D eigenvalue weighted by atomic mass is 16.5. The summed E-state index contributed by atoms with van der Waals surface area (Å²) in [5, 5.41) is 10.4. The van der Waals surface area contributed by atoms with Crippen LogP contribution in [-0.2, 0) is 9.47 Å². The van der Waals surface area contributed by atoms with Crippen molar-refractivity contribution in [2.24, 2.45) is 0 Å². The van der Waals surface area contributed by atoms with Crippen molar-refractivity contribution in [1.82, 2.24) is 4.90 Å². The summed E-state index contributed by atoms with van der Waals surface area (Å²) in [6.07, 6.45) is 0.301. The van der Waals surface area contributed by atoms with E-state index < -0.39 is 6.10 Å². The number of hydrogen-bond donors (Lipinski definition) is 1. The lowest BCUT2D eigenvalue weighted by Gasteiger charge is -2.23. The first-order chi connectivity index (χ1) is 10.1. The zero-order valence-corrected chi connectivity index (χ0v) is 13.8. The Morgan fingerprint density at radius 1 is 1.05 bits per heavy atom. The minimum absolute atomic E-state index is 0.418. The third-order valence-electron chi connectivity index (χ3n) is 3.73. The number of aryl methyl sites for hydroxylation is 2. The van der Waals surface area contributed by atoms with Crippen molar-refractivity contribution in [3.8, 4) is 0 Å². The first kappa shape index (κ1) is 18.1. The van der Waals surface area contributed by atoms with Crippen LogP contribution in [0.3, 0.4) is 0 Å². The molecule has 0 saturated carbocycles. The number of methoxy groups -OCH3 is 2. The maximum absolute atomic E-state index is 10.4. The molecule has 0 aliphatic heterocycles. The molecule has 0 heterocycles. The van der Waals surface area contributed by atoms with Gasteiger partial charge in [0.05, 0.1) is 19.3 Å². The third kappa shape index (κ3) is 6.57. The van der Waals surface area contributed by atoms with Crippen molar-refractivity contribution in [2.75, 3.05) is 47.1 Å². The van der Waals surface area contributed by atoms with E-state index in [1.165, 1.54) is 5.56 Å². The van der Waals surface area contributed by atoms with Crippen molar-refractivity contribution in [1.29, 1.82) is 0 Å². The Balaban J connectivity index is 2.52. The summed E-state index contributed by atoms with van der Waals surface area (Å²) in [4.78, 5) is 2.26. The van der Waals surface area contributed by atoms with Gasteiger partial charge in [0, 0.05) is 33.9 Å². The smallest absolute Gasteiger partial charge is 0.0804 e. The first-order valence-corrected chi connectivity index (χ1v) is 7.54. The highest BCUT2D eigenvalue weighted by Crippen LogP contribution is 2.21. The van der Waals surface area contributed by atoms with Crippen LogP contribution in [0.2, 0.25) is 0 Å². The molecule has 1 atom stereocenters. The molecule has 4 heteroatoms. The summed E-state index contributed by atoms with van der Waals surface area (Å²) in [6, 6.07) is 6.20. The molecule has 0 saturated heterocycles. The van der Waals surface area contributed by atoms with Gasteiger partial charge in [0.15, 0.2) is 0 Å². The van der Waals surface area contributed by atoms with Crippen LogP contribution in [0.5, 0.6) is 0 Å². The third-order valence-corrected chi connectivity index (χ3v) is 3.73. The summed E-state index contributed by atoms with van der Waals surface area (Å²) in [7, 11) is 3.41. The average molecular weight is 295 g/mol. The lowest BCUT2D eigenvalue weighted by atomic mass is 9.99. The van der Waals surface area contributed by atoms with Gasteiger partial charge >= 0.3 is 0 Å². The molecule has 21 heavy (non-hydrogen) atoms. The predicted octanol–water partition coefficient (Wildman–Crippen LogP) is 2.32. The van der Waals surface area contributed by atoms with Crippen LogP contribution in [0, 0.1) is 13.8 Å². The van der Waals surface area contributed by atoms with Crippen LogP contribution in [0.15, 0.2) is 18.2 Å². The van der Waals surface area contributed by atoms with E-state index in [0.29, 0.717) is 13.2 Å². The minimum atomic E-state index is -0.418. The van der Waals surface area contributed by atoms with Crippen LogP contribution in [0.4, 0.5) is 0 Å². The average Bonchev–Trinajstić information content (AvgIpc) is 2.46. The lowest BCUT2D eigenvalue weighted by Crippen LogP contribution is -2.32. The Morgan fingerprint density at radius 2 is 1.67 bits per heavy atom. The zero-order valence-electron chi connectivity index (χ0n) is 13.8. The van der Waals surface area contributed by atoms with Gasteiger partial charge in [-0.15, -0.1) is 0 Å². The number of aliphatic hydroxyl groups excluding tert-OH is 1. The first-order valence-electron chi connectivity index (χ1n) is 7.54. The molecule has 0 radical (unpaired) electrons. The Hall–Kier alpha value is -0.940. The summed E-state index contributed by atoms with van der Waals surface area (Å²) in [5.74, 6) is 0. The van der Waals surface area contributed by atoms with E-state index in [0.717, 1.165) is 37.2 Å². The Labute approximate surface area is 128 Å². The molecule has 0 spiro atoms. The van der Waals surface area contributed by atoms with E-state index in [9.17, 15) is 5.11 Å². The minimum Gasteiger partial charge on any atom is -0.388 e. The second-order valence-electron chi connectivity index (χ2n) is 5.49. The molecular weight excluding hydrogens is 266 g/mol. The molecule has 4 nitrogen and oxygen atoms in total. The van der Waals surface area contributed by atoms with Gasteiger partial charge in [-0.25, -0.2) is 0 Å². The maximum atomic E-state index is 10.4. The molecule has 0 fully saturated rings. The quantitative estimate of drug-likeness (QED) is 0.719. The number of hydrogen-bond acceptors (Lipinski definition) is 4. The van der Waals surface area contributed by atoms with Gasteiger partial charge < -0.3 is 14.6 Å². The number of rotatable bonds is 10. The highest BCUT2D eigenvalue weighted by molar-refractivity contribution is 5.31. The van der Waals surface area contributed by atoms with Crippen LogP contribution in [0.1, 0.15) is 29.2 Å². The fourth-order valence-corrected chi connectivity index (χ4v) is 2.44. The molecule has 0 aliphatic carbocycles. The molecule has 1 unspecified atom stereocenters. The molecule has 0 aliphatic rings. The van der Waals surface area contributed by atoms with Crippen LogP contribution < -0.4 is 0 Å². The second kappa shape index (κ2) is 9.90. The van der Waals surface area contributed by atoms with Gasteiger partial charge in [0.25, 0.3) is 0 Å². The second-order valence-corrected chi connectivity index (χ2v) is 5.49. The summed E-state index contributed by atoms with van der Waals surface area (Å²) >= 11 is 0. The van der Waals surface area contributed by atoms with Crippen molar-refractivity contribution >= 4 is 0 Å². The number of aliphatic hydroxyl groups is 1. The monoisotopic (exact) mass is 295 g/mol. The highest BCUT2D eigenvalue weighted by Gasteiger charge is 2.13. The number of nitrogens with zero attached hydrogens (tertiary/aromatic N) is 1. The van der Waals surface area contributed by atoms with Crippen LogP contribution in [0.25, 0.3) is 0 Å². The molecule has 1 aromatic carbocycles. The van der Waals surface area contributed by atoms with Crippen molar-refractivity contribution < 1.29 is 14.6 Å². The van der Waals surface area contributed by atoms with Gasteiger partial charge in [-0.3, -0.25) is 4.90 Å². The van der Waals surface area contributed by atoms with Gasteiger partial charge in [-0.1, -0.05) is 23.8 Å². The van der Waals surface area contributed by atoms with Gasteiger partial charge in [-0.05, 0) is 31.4 Å². The summed E-state index contributed by atoms with van der Waals surface area (Å²) < 4.78 is 10.3. The Morgan fingerprint density at radius 3 is 2.19 bits per heavy atom. The molecular formula is C17H29NO3. The number of ether oxygens (including phenoxy) is 2. The van der Waals surface area contributed by atoms with E-state index in [1.54, 1.807) is 14.2 Å². The predicted molar refractivity (Wildman–Crippen MR) is 85.7 cm³/mol. The van der Waals surface area contributed by atoms with Crippen LogP contribution in [-0.4, -0.2) is 57.1 Å². The summed E-state index contributed by atoms with van der Waals surface area (Å²) in [6.45, 7) is 8.08. The largest absolute Gasteiger partial charge is 0.388 e. The van der Waals surface area contributed by atoms with E-state index in [1.807, 2.05) is 6.07 Å². The standard InChI is InChI=1S/C17H29NO3/c1-14-5-6-16(15(2)13-14)17(19)7-8-18(9-11-20-3)10-12-21-4/h5-6,13,17,19H,7-12H2,1-4H3.